The zero-order valence-corrected chi connectivity index (χ0v) is 14.2. The molecular formula is C15H17N5O3S. The molecule has 0 radical (unpaired) electrons. The van der Waals surface area contributed by atoms with Crippen molar-refractivity contribution >= 4 is 23.6 Å². The quantitative estimate of drug-likeness (QED) is 0.751. The molecule has 0 spiro atoms. The number of benzene rings is 1. The molecule has 1 aromatic heterocycles. The van der Waals surface area contributed by atoms with Crippen molar-refractivity contribution in [1.82, 2.24) is 25.1 Å². The van der Waals surface area contributed by atoms with E-state index in [4.69, 9.17) is 4.74 Å². The van der Waals surface area contributed by atoms with Gasteiger partial charge in [-0.05, 0) is 41.5 Å². The van der Waals surface area contributed by atoms with E-state index in [0.717, 1.165) is 12.0 Å². The number of amides is 2. The van der Waals surface area contributed by atoms with E-state index in [0.29, 0.717) is 29.6 Å². The van der Waals surface area contributed by atoms with Gasteiger partial charge in [0.25, 0.3) is 0 Å². The van der Waals surface area contributed by atoms with Crippen LogP contribution in [0.5, 0.6) is 5.75 Å². The summed E-state index contributed by atoms with van der Waals surface area (Å²) in [5.74, 6) is 0.421. The largest absolute Gasteiger partial charge is 0.494 e. The van der Waals surface area contributed by atoms with Crippen LogP contribution in [0.3, 0.4) is 0 Å². The van der Waals surface area contributed by atoms with Gasteiger partial charge < -0.3 is 4.74 Å². The number of hydrogen-bond donors (Lipinski definition) is 0. The van der Waals surface area contributed by atoms with E-state index in [-0.39, 0.29) is 17.6 Å². The lowest BCUT2D eigenvalue weighted by atomic mass is 10.2. The Labute approximate surface area is 143 Å². The number of tetrazole rings is 1. The van der Waals surface area contributed by atoms with Crippen molar-refractivity contribution in [3.63, 3.8) is 0 Å². The predicted molar refractivity (Wildman–Crippen MR) is 87.1 cm³/mol. The second kappa shape index (κ2) is 7.00. The number of likely N-dealkylation sites (tertiary alicyclic amines) is 1. The van der Waals surface area contributed by atoms with Crippen LogP contribution >= 0.6 is 11.8 Å². The molecule has 24 heavy (non-hydrogen) atoms. The molecule has 2 aromatic rings. The van der Waals surface area contributed by atoms with E-state index < -0.39 is 0 Å². The number of ether oxygens (including phenoxy) is 1. The Hall–Kier alpha value is -2.42. The minimum absolute atomic E-state index is 0.111. The number of aryl methyl sites for hydroxylation is 1. The van der Waals surface area contributed by atoms with E-state index in [1.54, 1.807) is 7.11 Å². The minimum Gasteiger partial charge on any atom is -0.494 e. The predicted octanol–water partition coefficient (Wildman–Crippen LogP) is 1.22. The van der Waals surface area contributed by atoms with Gasteiger partial charge in [-0.2, -0.15) is 4.68 Å². The number of rotatable bonds is 5. The SMILES string of the molecule is COc1ccc(C)cc1-n1nnnc1SCC(=O)N1CCCC1=O. The number of aromatic nitrogens is 4. The molecule has 0 unspecified atom stereocenters. The highest BCUT2D eigenvalue weighted by atomic mass is 32.2. The second-order valence-corrected chi connectivity index (χ2v) is 6.32. The van der Waals surface area contributed by atoms with Crippen molar-refractivity contribution in [1.29, 1.82) is 0 Å². The van der Waals surface area contributed by atoms with Crippen LogP contribution in [0.1, 0.15) is 18.4 Å². The Morgan fingerprint density at radius 2 is 2.25 bits per heavy atom. The van der Waals surface area contributed by atoms with Crippen LogP contribution in [0.25, 0.3) is 5.69 Å². The third-order valence-corrected chi connectivity index (χ3v) is 4.61. The lowest BCUT2D eigenvalue weighted by Crippen LogP contribution is -2.33. The van der Waals surface area contributed by atoms with E-state index >= 15 is 0 Å². The molecule has 0 bridgehead atoms. The monoisotopic (exact) mass is 347 g/mol. The van der Waals surface area contributed by atoms with Crippen LogP contribution in [0.15, 0.2) is 23.4 Å². The van der Waals surface area contributed by atoms with Gasteiger partial charge in [0.2, 0.25) is 17.0 Å². The molecule has 1 aromatic carbocycles. The summed E-state index contributed by atoms with van der Waals surface area (Å²) in [6.07, 6.45) is 1.17. The van der Waals surface area contributed by atoms with Gasteiger partial charge in [-0.3, -0.25) is 14.5 Å². The van der Waals surface area contributed by atoms with Crippen LogP contribution in [0, 0.1) is 6.92 Å². The molecule has 0 atom stereocenters. The van der Waals surface area contributed by atoms with Gasteiger partial charge in [0, 0.05) is 13.0 Å². The molecule has 9 heteroatoms. The summed E-state index contributed by atoms with van der Waals surface area (Å²) in [4.78, 5) is 25.1. The number of imide groups is 1. The Balaban J connectivity index is 1.77. The molecule has 2 heterocycles. The molecule has 1 aliphatic heterocycles. The first-order valence-corrected chi connectivity index (χ1v) is 8.48. The maximum absolute atomic E-state index is 12.2. The second-order valence-electron chi connectivity index (χ2n) is 5.38. The van der Waals surface area contributed by atoms with E-state index in [1.807, 2.05) is 25.1 Å². The lowest BCUT2D eigenvalue weighted by molar-refractivity contribution is -0.140. The fourth-order valence-corrected chi connectivity index (χ4v) is 3.26. The number of carbonyl (C=O) groups is 2. The Morgan fingerprint density at radius 1 is 1.42 bits per heavy atom. The summed E-state index contributed by atoms with van der Waals surface area (Å²) in [5, 5.41) is 12.1. The number of methoxy groups -OCH3 is 1. The first kappa shape index (κ1) is 16.4. The van der Waals surface area contributed by atoms with Crippen molar-refractivity contribution in [2.75, 3.05) is 19.4 Å². The van der Waals surface area contributed by atoms with Crippen LogP contribution in [-0.2, 0) is 9.59 Å². The molecule has 0 saturated carbocycles. The fourth-order valence-electron chi connectivity index (χ4n) is 2.50. The molecule has 1 fully saturated rings. The number of hydrogen-bond acceptors (Lipinski definition) is 7. The highest BCUT2D eigenvalue weighted by Crippen LogP contribution is 2.27. The molecule has 8 nitrogen and oxygen atoms in total. The molecule has 126 valence electrons. The number of carbonyl (C=O) groups excluding carboxylic acids is 2. The third-order valence-electron chi connectivity index (χ3n) is 3.70. The topological polar surface area (TPSA) is 90.2 Å². The van der Waals surface area contributed by atoms with Gasteiger partial charge in [-0.1, -0.05) is 17.8 Å². The molecule has 2 amide bonds. The summed E-state index contributed by atoms with van der Waals surface area (Å²) in [6.45, 7) is 2.46. The van der Waals surface area contributed by atoms with E-state index in [1.165, 1.54) is 21.3 Å². The number of thioether (sulfide) groups is 1. The Bertz CT molecular complexity index is 776. The first-order valence-electron chi connectivity index (χ1n) is 7.49. The molecule has 3 rings (SSSR count). The lowest BCUT2D eigenvalue weighted by Gasteiger charge is -2.13. The van der Waals surface area contributed by atoms with Crippen LogP contribution < -0.4 is 4.74 Å². The maximum atomic E-state index is 12.2. The third kappa shape index (κ3) is 3.25. The maximum Gasteiger partial charge on any atom is 0.239 e. The molecule has 1 aliphatic rings. The summed E-state index contributed by atoms with van der Waals surface area (Å²) in [6, 6.07) is 5.68. The standard InChI is InChI=1S/C15H17N5O3S/c1-10-5-6-12(23-2)11(8-10)20-15(16-17-18-20)24-9-14(22)19-7-3-4-13(19)21/h5-6,8H,3-4,7,9H2,1-2H3. The highest BCUT2D eigenvalue weighted by molar-refractivity contribution is 7.99. The van der Waals surface area contributed by atoms with Crippen molar-refractivity contribution in [2.24, 2.45) is 0 Å². The zero-order chi connectivity index (χ0) is 17.1. The Morgan fingerprint density at radius 3 is 2.96 bits per heavy atom. The normalized spacial score (nSPS) is 14.2. The van der Waals surface area contributed by atoms with Gasteiger partial charge in [0.05, 0.1) is 12.9 Å². The van der Waals surface area contributed by atoms with E-state index in [2.05, 4.69) is 15.5 Å². The van der Waals surface area contributed by atoms with Crippen molar-refractivity contribution < 1.29 is 14.3 Å². The van der Waals surface area contributed by atoms with Crippen molar-refractivity contribution in [3.05, 3.63) is 23.8 Å². The van der Waals surface area contributed by atoms with Crippen LogP contribution in [0.4, 0.5) is 0 Å². The molecule has 1 saturated heterocycles. The smallest absolute Gasteiger partial charge is 0.239 e. The van der Waals surface area contributed by atoms with E-state index in [9.17, 15) is 9.59 Å². The summed E-state index contributed by atoms with van der Waals surface area (Å²) >= 11 is 1.20. The van der Waals surface area contributed by atoms with Gasteiger partial charge in [0.15, 0.2) is 0 Å². The van der Waals surface area contributed by atoms with Gasteiger partial charge in [0.1, 0.15) is 11.4 Å². The molecule has 0 N–H and O–H groups in total. The van der Waals surface area contributed by atoms with Gasteiger partial charge in [-0.15, -0.1) is 5.10 Å². The average molecular weight is 347 g/mol. The van der Waals surface area contributed by atoms with Crippen molar-refractivity contribution in [3.8, 4) is 11.4 Å². The van der Waals surface area contributed by atoms with Gasteiger partial charge >= 0.3 is 0 Å². The molecule has 0 aliphatic carbocycles. The summed E-state index contributed by atoms with van der Waals surface area (Å²) in [7, 11) is 1.58. The highest BCUT2D eigenvalue weighted by Gasteiger charge is 2.26. The minimum atomic E-state index is -0.215. The van der Waals surface area contributed by atoms with Crippen LogP contribution in [-0.4, -0.2) is 56.3 Å². The fraction of sp³-hybridized carbons (Fsp3) is 0.400. The molecular weight excluding hydrogens is 330 g/mol. The van der Waals surface area contributed by atoms with Gasteiger partial charge in [-0.25, -0.2) is 0 Å². The average Bonchev–Trinajstić information content (AvgIpc) is 3.21. The zero-order valence-electron chi connectivity index (χ0n) is 13.4. The summed E-state index contributed by atoms with van der Waals surface area (Å²) < 4.78 is 6.89. The Kier molecular flexibility index (Phi) is 4.79. The number of nitrogens with zero attached hydrogens (tertiary/aromatic N) is 5. The summed E-state index contributed by atoms with van der Waals surface area (Å²) in [5.41, 5.74) is 1.74. The van der Waals surface area contributed by atoms with Crippen molar-refractivity contribution in [2.45, 2.75) is 24.9 Å². The first-order chi connectivity index (χ1) is 11.6. The van der Waals surface area contributed by atoms with Crippen LogP contribution in [0.2, 0.25) is 0 Å².